The number of hydrogen-bond donors (Lipinski definition) is 1. The van der Waals surface area contributed by atoms with Gasteiger partial charge in [0.15, 0.2) is 0 Å². The van der Waals surface area contributed by atoms with Gasteiger partial charge in [0.1, 0.15) is 11.9 Å². The lowest BCUT2D eigenvalue weighted by Crippen LogP contribution is -2.43. The van der Waals surface area contributed by atoms with E-state index in [2.05, 4.69) is 57.3 Å². The Bertz CT molecular complexity index is 488. The second-order valence-corrected chi connectivity index (χ2v) is 6.88. The van der Waals surface area contributed by atoms with Crippen molar-refractivity contribution in [3.05, 3.63) is 35.4 Å². The smallest absolute Gasteiger partial charge is 0.139 e. The van der Waals surface area contributed by atoms with E-state index in [1.54, 1.807) is 0 Å². The van der Waals surface area contributed by atoms with Gasteiger partial charge in [0, 0.05) is 25.1 Å². The SMILES string of the molecule is CCOC(C1=NCC(C)(C)CN1)c1ccc(C(C)C)cc1. The van der Waals surface area contributed by atoms with Crippen molar-refractivity contribution in [3.63, 3.8) is 0 Å². The first-order valence-corrected chi connectivity index (χ1v) is 7.92. The fourth-order valence-corrected chi connectivity index (χ4v) is 2.47. The molecule has 1 atom stereocenters. The lowest BCUT2D eigenvalue weighted by Gasteiger charge is -2.32. The van der Waals surface area contributed by atoms with Gasteiger partial charge in [-0.2, -0.15) is 0 Å². The van der Waals surface area contributed by atoms with Crippen LogP contribution in [0.4, 0.5) is 0 Å². The van der Waals surface area contributed by atoms with Crippen LogP contribution < -0.4 is 5.32 Å². The highest BCUT2D eigenvalue weighted by atomic mass is 16.5. The summed E-state index contributed by atoms with van der Waals surface area (Å²) in [5.41, 5.74) is 2.75. The highest BCUT2D eigenvalue weighted by Gasteiger charge is 2.27. The van der Waals surface area contributed by atoms with E-state index >= 15 is 0 Å². The van der Waals surface area contributed by atoms with Crippen molar-refractivity contribution in [2.24, 2.45) is 10.4 Å². The Hall–Kier alpha value is -1.35. The lowest BCUT2D eigenvalue weighted by molar-refractivity contribution is 0.105. The van der Waals surface area contributed by atoms with Gasteiger partial charge in [-0.05, 0) is 24.0 Å². The molecule has 0 aromatic heterocycles. The second-order valence-electron chi connectivity index (χ2n) is 6.88. The molecule has 1 aromatic rings. The van der Waals surface area contributed by atoms with Crippen LogP contribution in [0.3, 0.4) is 0 Å². The van der Waals surface area contributed by atoms with E-state index in [1.165, 1.54) is 11.1 Å². The van der Waals surface area contributed by atoms with Crippen molar-refractivity contribution in [1.29, 1.82) is 0 Å². The molecule has 1 aromatic carbocycles. The maximum Gasteiger partial charge on any atom is 0.139 e. The third-order valence-corrected chi connectivity index (χ3v) is 3.91. The quantitative estimate of drug-likeness (QED) is 0.891. The normalized spacial score (nSPS) is 19.0. The average Bonchev–Trinajstić information content (AvgIpc) is 2.45. The lowest BCUT2D eigenvalue weighted by atomic mass is 9.91. The van der Waals surface area contributed by atoms with Gasteiger partial charge in [-0.25, -0.2) is 0 Å². The minimum atomic E-state index is -0.0766. The zero-order valence-corrected chi connectivity index (χ0v) is 13.9. The van der Waals surface area contributed by atoms with Gasteiger partial charge in [-0.15, -0.1) is 0 Å². The fraction of sp³-hybridized carbons (Fsp3) is 0.611. The first-order chi connectivity index (χ1) is 9.93. The van der Waals surface area contributed by atoms with E-state index in [9.17, 15) is 0 Å². The molecule has 1 unspecified atom stereocenters. The Morgan fingerprint density at radius 3 is 2.29 bits per heavy atom. The van der Waals surface area contributed by atoms with E-state index in [0.29, 0.717) is 12.5 Å². The van der Waals surface area contributed by atoms with Crippen LogP contribution in [0.25, 0.3) is 0 Å². The summed E-state index contributed by atoms with van der Waals surface area (Å²) in [4.78, 5) is 4.72. The topological polar surface area (TPSA) is 33.6 Å². The van der Waals surface area contributed by atoms with Crippen LogP contribution in [-0.2, 0) is 4.74 Å². The molecule has 1 aliphatic heterocycles. The van der Waals surface area contributed by atoms with E-state index < -0.39 is 0 Å². The predicted octanol–water partition coefficient (Wildman–Crippen LogP) is 3.92. The molecule has 2 rings (SSSR count). The van der Waals surface area contributed by atoms with Crippen LogP contribution in [0.15, 0.2) is 29.3 Å². The number of nitrogens with one attached hydrogen (secondary N) is 1. The summed E-state index contributed by atoms with van der Waals surface area (Å²) in [5, 5.41) is 3.46. The van der Waals surface area contributed by atoms with Crippen molar-refractivity contribution in [2.75, 3.05) is 19.7 Å². The monoisotopic (exact) mass is 288 g/mol. The molecule has 0 spiro atoms. The van der Waals surface area contributed by atoms with E-state index in [4.69, 9.17) is 9.73 Å². The van der Waals surface area contributed by atoms with Gasteiger partial charge in [0.05, 0.1) is 0 Å². The van der Waals surface area contributed by atoms with E-state index in [-0.39, 0.29) is 11.5 Å². The summed E-state index contributed by atoms with van der Waals surface area (Å²) in [5.74, 6) is 1.52. The van der Waals surface area contributed by atoms with Crippen molar-refractivity contribution >= 4 is 5.84 Å². The summed E-state index contributed by atoms with van der Waals surface area (Å²) in [6.45, 7) is 13.4. The molecule has 1 N–H and O–H groups in total. The molecule has 0 radical (unpaired) electrons. The van der Waals surface area contributed by atoms with E-state index in [0.717, 1.165) is 18.9 Å². The van der Waals surface area contributed by atoms with Crippen molar-refractivity contribution in [3.8, 4) is 0 Å². The largest absolute Gasteiger partial charge is 0.371 e. The second kappa shape index (κ2) is 6.61. The van der Waals surface area contributed by atoms with Crippen LogP contribution in [0.2, 0.25) is 0 Å². The molecule has 3 nitrogen and oxygen atoms in total. The Kier molecular flexibility index (Phi) is 5.04. The number of hydrogen-bond acceptors (Lipinski definition) is 3. The Labute approximate surface area is 128 Å². The minimum absolute atomic E-state index is 0.0766. The molecule has 21 heavy (non-hydrogen) atoms. The molecule has 1 aliphatic rings. The maximum atomic E-state index is 5.94. The zero-order valence-electron chi connectivity index (χ0n) is 13.9. The van der Waals surface area contributed by atoms with Gasteiger partial charge >= 0.3 is 0 Å². The Morgan fingerprint density at radius 1 is 1.19 bits per heavy atom. The molecule has 0 aliphatic carbocycles. The number of rotatable bonds is 5. The van der Waals surface area contributed by atoms with Crippen LogP contribution in [0.5, 0.6) is 0 Å². The van der Waals surface area contributed by atoms with Gasteiger partial charge < -0.3 is 10.1 Å². The molecule has 0 bridgehead atoms. The van der Waals surface area contributed by atoms with Crippen molar-refractivity contribution in [2.45, 2.75) is 46.6 Å². The number of aliphatic imine (C=N–C) groups is 1. The fourth-order valence-electron chi connectivity index (χ4n) is 2.47. The summed E-state index contributed by atoms with van der Waals surface area (Å²) in [7, 11) is 0. The number of benzene rings is 1. The van der Waals surface area contributed by atoms with Crippen LogP contribution in [0, 0.1) is 5.41 Å². The number of amidine groups is 1. The summed E-state index contributed by atoms with van der Waals surface area (Å²) < 4.78 is 5.94. The average molecular weight is 288 g/mol. The minimum Gasteiger partial charge on any atom is -0.371 e. The van der Waals surface area contributed by atoms with Gasteiger partial charge in [-0.1, -0.05) is 52.0 Å². The molecular weight excluding hydrogens is 260 g/mol. The van der Waals surface area contributed by atoms with Crippen LogP contribution in [0.1, 0.15) is 57.8 Å². The van der Waals surface area contributed by atoms with Crippen LogP contribution >= 0.6 is 0 Å². The first-order valence-electron chi connectivity index (χ1n) is 7.92. The molecule has 116 valence electrons. The van der Waals surface area contributed by atoms with Gasteiger partial charge in [0.25, 0.3) is 0 Å². The highest BCUT2D eigenvalue weighted by molar-refractivity contribution is 5.88. The maximum absolute atomic E-state index is 5.94. The van der Waals surface area contributed by atoms with Crippen LogP contribution in [-0.4, -0.2) is 25.5 Å². The molecule has 1 heterocycles. The standard InChI is InChI=1S/C18H28N2O/c1-6-21-16(17-19-11-18(4,5)12-20-17)15-9-7-14(8-10-15)13(2)3/h7-10,13,16H,6,11-12H2,1-5H3,(H,19,20). The molecule has 0 saturated carbocycles. The third-order valence-electron chi connectivity index (χ3n) is 3.91. The Balaban J connectivity index is 2.21. The van der Waals surface area contributed by atoms with Crippen molar-refractivity contribution in [1.82, 2.24) is 5.32 Å². The number of nitrogens with zero attached hydrogens (tertiary/aromatic N) is 1. The summed E-state index contributed by atoms with van der Waals surface area (Å²) >= 11 is 0. The van der Waals surface area contributed by atoms with Crippen molar-refractivity contribution < 1.29 is 4.74 Å². The Morgan fingerprint density at radius 2 is 1.81 bits per heavy atom. The predicted molar refractivity (Wildman–Crippen MR) is 89.0 cm³/mol. The molecule has 0 amide bonds. The summed E-state index contributed by atoms with van der Waals surface area (Å²) in [6.07, 6.45) is -0.0766. The number of ether oxygens (including phenoxy) is 1. The zero-order chi connectivity index (χ0) is 15.5. The van der Waals surface area contributed by atoms with Gasteiger partial charge in [0.2, 0.25) is 0 Å². The first kappa shape index (κ1) is 16.0. The van der Waals surface area contributed by atoms with Gasteiger partial charge in [-0.3, -0.25) is 4.99 Å². The molecular formula is C18H28N2O. The molecule has 3 heteroatoms. The molecule has 0 saturated heterocycles. The highest BCUT2D eigenvalue weighted by Crippen LogP contribution is 2.25. The third kappa shape index (κ3) is 4.07. The summed E-state index contributed by atoms with van der Waals surface area (Å²) in [6, 6.07) is 8.72. The molecule has 0 fully saturated rings. The van der Waals surface area contributed by atoms with E-state index in [1.807, 2.05) is 6.92 Å².